The summed E-state index contributed by atoms with van der Waals surface area (Å²) < 4.78 is 0. The molecule has 2 aliphatic heterocycles. The van der Waals surface area contributed by atoms with Crippen LogP contribution in [0.15, 0.2) is 4.99 Å². The van der Waals surface area contributed by atoms with Gasteiger partial charge >= 0.3 is 0 Å². The molecule has 7 atom stereocenters. The predicted molar refractivity (Wildman–Crippen MR) is 89.1 cm³/mol. The van der Waals surface area contributed by atoms with E-state index in [9.17, 15) is 5.11 Å². The molecule has 0 aromatic carbocycles. The molecule has 0 aromatic heterocycles. The molecular formula is C17H28ClN3O. The number of fused-ring (bicyclic) bond motifs is 2. The molecule has 1 saturated heterocycles. The molecule has 4 nitrogen and oxygen atoms in total. The van der Waals surface area contributed by atoms with E-state index < -0.39 is 5.60 Å². The summed E-state index contributed by atoms with van der Waals surface area (Å²) in [5.41, 5.74) is 5.39. The second kappa shape index (κ2) is 5.64. The first-order chi connectivity index (χ1) is 10.6. The third-order valence-electron chi connectivity index (χ3n) is 6.88. The third kappa shape index (κ3) is 2.22. The van der Waals surface area contributed by atoms with E-state index in [4.69, 9.17) is 17.3 Å². The van der Waals surface area contributed by atoms with E-state index in [-0.39, 0.29) is 23.3 Å². The molecule has 2 saturated carbocycles. The highest BCUT2D eigenvalue weighted by atomic mass is 35.5. The first kappa shape index (κ1) is 15.2. The van der Waals surface area contributed by atoms with Crippen LogP contribution in [0.4, 0.5) is 0 Å². The molecule has 0 amide bonds. The number of piperidine rings is 1. The van der Waals surface area contributed by atoms with Crippen molar-refractivity contribution in [2.24, 2.45) is 34.4 Å². The topological polar surface area (TPSA) is 70.6 Å². The second-order valence-corrected chi connectivity index (χ2v) is 8.50. The summed E-state index contributed by atoms with van der Waals surface area (Å²) in [6.07, 6.45) is 7.65. The lowest BCUT2D eigenvalue weighted by Gasteiger charge is -2.50. The van der Waals surface area contributed by atoms with Gasteiger partial charge in [0.1, 0.15) is 11.4 Å². The Kier molecular flexibility index (Phi) is 3.90. The van der Waals surface area contributed by atoms with Crippen LogP contribution < -0.4 is 11.1 Å². The Morgan fingerprint density at radius 2 is 2.05 bits per heavy atom. The first-order valence-corrected chi connectivity index (χ1v) is 9.45. The number of nitrogens with one attached hydrogen (secondary N) is 1. The Labute approximate surface area is 137 Å². The van der Waals surface area contributed by atoms with Crippen molar-refractivity contribution in [1.82, 2.24) is 5.32 Å². The van der Waals surface area contributed by atoms with Crippen molar-refractivity contribution in [3.05, 3.63) is 0 Å². The molecule has 124 valence electrons. The van der Waals surface area contributed by atoms with Gasteiger partial charge in [0.15, 0.2) is 0 Å². The van der Waals surface area contributed by atoms with Gasteiger partial charge in [-0.3, -0.25) is 4.99 Å². The van der Waals surface area contributed by atoms with Crippen molar-refractivity contribution >= 4 is 17.4 Å². The number of rotatable bonds is 1. The number of aliphatic imine (C=N–C) groups is 1. The summed E-state index contributed by atoms with van der Waals surface area (Å²) in [4.78, 5) is 4.68. The average molecular weight is 326 g/mol. The van der Waals surface area contributed by atoms with Crippen molar-refractivity contribution in [2.75, 3.05) is 13.1 Å². The lowest BCUT2D eigenvalue weighted by atomic mass is 9.59. The second-order valence-electron chi connectivity index (χ2n) is 7.88. The number of aliphatic hydroxyl groups is 1. The van der Waals surface area contributed by atoms with Gasteiger partial charge in [-0.1, -0.05) is 12.8 Å². The Morgan fingerprint density at radius 1 is 1.18 bits per heavy atom. The normalized spacial score (nSPS) is 51.8. The van der Waals surface area contributed by atoms with Gasteiger partial charge in [0.2, 0.25) is 0 Å². The van der Waals surface area contributed by atoms with Gasteiger partial charge in [-0.2, -0.15) is 0 Å². The lowest BCUT2D eigenvalue weighted by Crippen LogP contribution is -2.60. The number of alkyl halides is 1. The maximum absolute atomic E-state index is 11.7. The van der Waals surface area contributed by atoms with E-state index in [1.54, 1.807) is 0 Å². The summed E-state index contributed by atoms with van der Waals surface area (Å²) >= 11 is 6.42. The van der Waals surface area contributed by atoms with E-state index in [2.05, 4.69) is 10.3 Å². The SMILES string of the molecule is NC1=NC2CCC(Cl)CC2C1(O)C1CCCC2CCNCC21. The fourth-order valence-corrected chi connectivity index (χ4v) is 6.11. The highest BCUT2D eigenvalue weighted by Gasteiger charge is 2.58. The summed E-state index contributed by atoms with van der Waals surface area (Å²) in [5.74, 6) is 2.17. The van der Waals surface area contributed by atoms with Crippen LogP contribution in [0.3, 0.4) is 0 Å². The van der Waals surface area contributed by atoms with Gasteiger partial charge in [0.05, 0.1) is 6.04 Å². The smallest absolute Gasteiger partial charge is 0.129 e. The minimum Gasteiger partial charge on any atom is -0.385 e. The van der Waals surface area contributed by atoms with Gasteiger partial charge in [-0.25, -0.2) is 0 Å². The summed E-state index contributed by atoms with van der Waals surface area (Å²) in [6, 6.07) is 0.192. The lowest BCUT2D eigenvalue weighted by molar-refractivity contribution is -0.0697. The van der Waals surface area contributed by atoms with Crippen molar-refractivity contribution < 1.29 is 5.11 Å². The Balaban J connectivity index is 1.65. The van der Waals surface area contributed by atoms with Crippen LogP contribution in [0.1, 0.15) is 44.9 Å². The molecule has 5 heteroatoms. The fourth-order valence-electron chi connectivity index (χ4n) is 5.79. The van der Waals surface area contributed by atoms with E-state index >= 15 is 0 Å². The molecular weight excluding hydrogens is 298 g/mol. The standard InChI is InChI=1S/C17H28ClN3O/c18-11-4-5-15-14(8-11)17(22,16(19)21-15)13-3-1-2-10-6-7-20-9-12(10)13/h10-15,20,22H,1-9H2,(H2,19,21). The molecule has 4 rings (SSSR count). The zero-order valence-electron chi connectivity index (χ0n) is 13.2. The molecule has 0 aromatic rings. The van der Waals surface area contributed by atoms with Gasteiger partial charge in [-0.15, -0.1) is 11.6 Å². The quantitative estimate of drug-likeness (QED) is 0.645. The maximum Gasteiger partial charge on any atom is 0.129 e. The highest BCUT2D eigenvalue weighted by molar-refractivity contribution is 6.20. The predicted octanol–water partition coefficient (Wildman–Crippen LogP) is 1.89. The highest BCUT2D eigenvalue weighted by Crippen LogP contribution is 2.51. The Hall–Kier alpha value is -0.320. The molecule has 22 heavy (non-hydrogen) atoms. The number of amidine groups is 1. The van der Waals surface area contributed by atoms with Crippen LogP contribution in [0, 0.1) is 23.7 Å². The average Bonchev–Trinajstić information content (AvgIpc) is 2.79. The number of halogens is 1. The van der Waals surface area contributed by atoms with Crippen molar-refractivity contribution in [3.63, 3.8) is 0 Å². The molecule has 2 aliphatic carbocycles. The zero-order valence-corrected chi connectivity index (χ0v) is 13.9. The van der Waals surface area contributed by atoms with Crippen LogP contribution in [-0.4, -0.2) is 41.1 Å². The number of hydrogen-bond donors (Lipinski definition) is 3. The zero-order chi connectivity index (χ0) is 15.3. The molecule has 2 heterocycles. The van der Waals surface area contributed by atoms with Gasteiger partial charge < -0.3 is 16.2 Å². The molecule has 4 aliphatic rings. The van der Waals surface area contributed by atoms with Crippen LogP contribution in [0.5, 0.6) is 0 Å². The molecule has 7 unspecified atom stereocenters. The van der Waals surface area contributed by atoms with Crippen molar-refractivity contribution in [3.8, 4) is 0 Å². The van der Waals surface area contributed by atoms with Gasteiger partial charge in [-0.05, 0) is 62.9 Å². The van der Waals surface area contributed by atoms with Crippen LogP contribution in [0.2, 0.25) is 0 Å². The van der Waals surface area contributed by atoms with E-state index in [1.807, 2.05) is 0 Å². The van der Waals surface area contributed by atoms with Crippen molar-refractivity contribution in [1.29, 1.82) is 0 Å². The number of nitrogens with two attached hydrogens (primary N) is 1. The van der Waals surface area contributed by atoms with Crippen LogP contribution in [0.25, 0.3) is 0 Å². The van der Waals surface area contributed by atoms with Crippen LogP contribution in [-0.2, 0) is 0 Å². The largest absolute Gasteiger partial charge is 0.385 e. The van der Waals surface area contributed by atoms with E-state index in [0.717, 1.165) is 44.7 Å². The maximum atomic E-state index is 11.7. The molecule has 0 spiro atoms. The third-order valence-corrected chi connectivity index (χ3v) is 7.28. The molecule has 0 bridgehead atoms. The van der Waals surface area contributed by atoms with E-state index in [1.165, 1.54) is 19.3 Å². The van der Waals surface area contributed by atoms with E-state index in [0.29, 0.717) is 11.8 Å². The first-order valence-electron chi connectivity index (χ1n) is 9.01. The summed E-state index contributed by atoms with van der Waals surface area (Å²) in [6.45, 7) is 2.14. The molecule has 0 radical (unpaired) electrons. The number of hydrogen-bond acceptors (Lipinski definition) is 4. The monoisotopic (exact) mass is 325 g/mol. The molecule has 3 fully saturated rings. The fraction of sp³-hybridized carbons (Fsp3) is 0.941. The van der Waals surface area contributed by atoms with Crippen LogP contribution >= 0.6 is 11.6 Å². The minimum absolute atomic E-state index is 0.134. The number of nitrogens with zero attached hydrogens (tertiary/aromatic N) is 1. The minimum atomic E-state index is -0.916. The summed E-state index contributed by atoms with van der Waals surface area (Å²) in [5, 5.41) is 15.4. The Bertz CT molecular complexity index is 469. The van der Waals surface area contributed by atoms with Gasteiger partial charge in [0, 0.05) is 11.3 Å². The van der Waals surface area contributed by atoms with Gasteiger partial charge in [0.25, 0.3) is 0 Å². The summed E-state index contributed by atoms with van der Waals surface area (Å²) in [7, 11) is 0. The Morgan fingerprint density at radius 3 is 2.91 bits per heavy atom. The molecule has 4 N–H and O–H groups in total. The van der Waals surface area contributed by atoms with Crippen molar-refractivity contribution in [2.45, 2.75) is 62.0 Å².